The zero-order valence-corrected chi connectivity index (χ0v) is 18.8. The van der Waals surface area contributed by atoms with Crippen molar-refractivity contribution < 1.29 is 9.59 Å². The fourth-order valence-electron chi connectivity index (χ4n) is 3.36. The van der Waals surface area contributed by atoms with Crippen molar-refractivity contribution in [3.8, 4) is 0 Å². The molecular formula is C26H30N4O2. The summed E-state index contributed by atoms with van der Waals surface area (Å²) in [6.45, 7) is 2.61. The summed E-state index contributed by atoms with van der Waals surface area (Å²) in [4.78, 5) is 27.2. The quantitative estimate of drug-likeness (QED) is 0.474. The molecule has 0 fully saturated rings. The van der Waals surface area contributed by atoms with Crippen LogP contribution in [-0.4, -0.2) is 32.6 Å². The number of urea groups is 1. The molecule has 0 atom stereocenters. The third-order valence-corrected chi connectivity index (χ3v) is 5.14. The molecule has 0 aromatic heterocycles. The van der Waals surface area contributed by atoms with Gasteiger partial charge >= 0.3 is 6.03 Å². The monoisotopic (exact) mass is 430 g/mol. The molecule has 0 saturated heterocycles. The van der Waals surface area contributed by atoms with E-state index >= 15 is 0 Å². The van der Waals surface area contributed by atoms with Gasteiger partial charge in [0.25, 0.3) is 5.91 Å². The average molecular weight is 431 g/mol. The van der Waals surface area contributed by atoms with Gasteiger partial charge in [-0.1, -0.05) is 49.4 Å². The maximum absolute atomic E-state index is 12.9. The molecule has 0 aliphatic carbocycles. The second kappa shape index (κ2) is 11.0. The molecule has 3 N–H and O–H groups in total. The van der Waals surface area contributed by atoms with Crippen molar-refractivity contribution in [3.05, 3.63) is 89.5 Å². The summed E-state index contributed by atoms with van der Waals surface area (Å²) < 4.78 is 0. The Morgan fingerprint density at radius 1 is 0.812 bits per heavy atom. The number of benzene rings is 3. The van der Waals surface area contributed by atoms with E-state index in [2.05, 4.69) is 22.9 Å². The summed E-state index contributed by atoms with van der Waals surface area (Å²) in [5.74, 6) is -0.177. The summed E-state index contributed by atoms with van der Waals surface area (Å²) in [7, 11) is 3.77. The number of amides is 3. The highest BCUT2D eigenvalue weighted by molar-refractivity contribution is 6.03. The molecule has 6 heteroatoms. The Morgan fingerprint density at radius 3 is 2.12 bits per heavy atom. The molecule has 3 aromatic carbocycles. The van der Waals surface area contributed by atoms with Crippen LogP contribution < -0.4 is 20.9 Å². The molecule has 0 bridgehead atoms. The lowest BCUT2D eigenvalue weighted by molar-refractivity contribution is 0.0954. The zero-order valence-electron chi connectivity index (χ0n) is 18.8. The molecule has 3 aromatic rings. The molecule has 0 radical (unpaired) electrons. The lowest BCUT2D eigenvalue weighted by Crippen LogP contribution is -2.28. The molecule has 0 aliphatic heterocycles. The van der Waals surface area contributed by atoms with Crippen molar-refractivity contribution in [2.24, 2.45) is 0 Å². The number of hydrogen-bond donors (Lipinski definition) is 3. The Hall–Kier alpha value is -3.80. The number of carbonyl (C=O) groups excluding carboxylic acids is 2. The van der Waals surface area contributed by atoms with Gasteiger partial charge in [0.2, 0.25) is 0 Å². The summed E-state index contributed by atoms with van der Waals surface area (Å²) in [5, 5.41) is 8.61. The van der Waals surface area contributed by atoms with Crippen molar-refractivity contribution in [2.45, 2.75) is 19.8 Å². The first-order chi connectivity index (χ1) is 15.5. The smallest absolute Gasteiger partial charge is 0.323 e. The number of hydrogen-bond acceptors (Lipinski definition) is 3. The normalized spacial score (nSPS) is 10.3. The minimum atomic E-state index is -0.359. The lowest BCUT2D eigenvalue weighted by Gasteiger charge is -2.18. The molecular weight excluding hydrogens is 400 g/mol. The van der Waals surface area contributed by atoms with E-state index < -0.39 is 0 Å². The fourth-order valence-corrected chi connectivity index (χ4v) is 3.36. The van der Waals surface area contributed by atoms with Crippen molar-refractivity contribution in [1.82, 2.24) is 5.32 Å². The van der Waals surface area contributed by atoms with Crippen molar-refractivity contribution in [3.63, 3.8) is 0 Å². The van der Waals surface area contributed by atoms with Crippen LogP contribution in [0.5, 0.6) is 0 Å². The zero-order chi connectivity index (χ0) is 22.9. The van der Waals surface area contributed by atoms with Crippen molar-refractivity contribution >= 4 is 29.0 Å². The van der Waals surface area contributed by atoms with Gasteiger partial charge in [0.1, 0.15) is 0 Å². The number of rotatable bonds is 8. The molecule has 32 heavy (non-hydrogen) atoms. The van der Waals surface area contributed by atoms with Crippen LogP contribution in [0.15, 0.2) is 72.8 Å². The number of nitrogens with one attached hydrogen (secondary N) is 3. The van der Waals surface area contributed by atoms with Gasteiger partial charge in [0.05, 0.1) is 5.56 Å². The molecule has 3 amide bonds. The Labute approximate surface area is 189 Å². The Bertz CT molecular complexity index is 1050. The van der Waals surface area contributed by atoms with Crippen LogP contribution in [0, 0.1) is 0 Å². The number of nitrogens with zero attached hydrogens (tertiary/aromatic N) is 1. The van der Waals surface area contributed by atoms with Crippen molar-refractivity contribution in [2.75, 3.05) is 36.2 Å². The minimum absolute atomic E-state index is 0.177. The largest absolute Gasteiger partial charge is 0.377 e. The van der Waals surface area contributed by atoms with Gasteiger partial charge in [0.15, 0.2) is 0 Å². The second-order valence-corrected chi connectivity index (χ2v) is 7.75. The SMILES string of the molecule is CCc1ccc(NC(=O)Nc2ccc(N(C)C)c(C(=O)NCCc3ccccc3)c2)cc1. The predicted molar refractivity (Wildman–Crippen MR) is 132 cm³/mol. The van der Waals surface area contributed by atoms with Crippen LogP contribution in [0.3, 0.4) is 0 Å². The topological polar surface area (TPSA) is 73.5 Å². The van der Waals surface area contributed by atoms with Gasteiger partial charge in [-0.25, -0.2) is 4.79 Å². The Morgan fingerprint density at radius 2 is 1.47 bits per heavy atom. The minimum Gasteiger partial charge on any atom is -0.377 e. The first kappa shape index (κ1) is 22.9. The summed E-state index contributed by atoms with van der Waals surface area (Å²) in [5.41, 5.74) is 4.92. The van der Waals surface area contributed by atoms with Crippen LogP contribution in [-0.2, 0) is 12.8 Å². The summed E-state index contributed by atoms with van der Waals surface area (Å²) in [6.07, 6.45) is 1.70. The number of aryl methyl sites for hydroxylation is 1. The van der Waals surface area contributed by atoms with Crippen LogP contribution >= 0.6 is 0 Å². The Balaban J connectivity index is 1.66. The van der Waals surface area contributed by atoms with Crippen molar-refractivity contribution in [1.29, 1.82) is 0 Å². The standard InChI is InChI=1S/C26H30N4O2/c1-4-19-10-12-21(13-11-19)28-26(32)29-22-14-15-24(30(2)3)23(18-22)25(31)27-17-16-20-8-6-5-7-9-20/h5-15,18H,4,16-17H2,1-3H3,(H,27,31)(H2,28,29,32). The third kappa shape index (κ3) is 6.35. The van der Waals surface area contributed by atoms with E-state index in [-0.39, 0.29) is 11.9 Å². The van der Waals surface area contributed by atoms with E-state index in [4.69, 9.17) is 0 Å². The molecule has 0 aliphatic rings. The molecule has 0 spiro atoms. The maximum atomic E-state index is 12.9. The highest BCUT2D eigenvalue weighted by atomic mass is 16.2. The van der Waals surface area contributed by atoms with Crippen LogP contribution in [0.1, 0.15) is 28.4 Å². The molecule has 166 valence electrons. The molecule has 6 nitrogen and oxygen atoms in total. The van der Waals surface area contributed by atoms with Gasteiger partial charge in [-0.2, -0.15) is 0 Å². The third-order valence-electron chi connectivity index (χ3n) is 5.14. The van der Waals surface area contributed by atoms with E-state index in [1.807, 2.05) is 79.7 Å². The van der Waals surface area contributed by atoms with Gasteiger partial charge in [-0.05, 0) is 54.3 Å². The first-order valence-corrected chi connectivity index (χ1v) is 10.8. The average Bonchev–Trinajstić information content (AvgIpc) is 2.80. The van der Waals surface area contributed by atoms with Crippen LogP contribution in [0.2, 0.25) is 0 Å². The number of carbonyl (C=O) groups is 2. The lowest BCUT2D eigenvalue weighted by atomic mass is 10.1. The first-order valence-electron chi connectivity index (χ1n) is 10.8. The summed E-state index contributed by atoms with van der Waals surface area (Å²) in [6, 6.07) is 22.7. The highest BCUT2D eigenvalue weighted by Crippen LogP contribution is 2.23. The summed E-state index contributed by atoms with van der Waals surface area (Å²) >= 11 is 0. The Kier molecular flexibility index (Phi) is 7.86. The van der Waals surface area contributed by atoms with E-state index in [1.54, 1.807) is 12.1 Å². The molecule has 0 saturated carbocycles. The molecule has 0 unspecified atom stereocenters. The van der Waals surface area contributed by atoms with Crippen LogP contribution in [0.25, 0.3) is 0 Å². The number of anilines is 3. The van der Waals surface area contributed by atoms with Gasteiger partial charge < -0.3 is 20.9 Å². The molecule has 3 rings (SSSR count). The molecule has 0 heterocycles. The van der Waals surface area contributed by atoms with Gasteiger partial charge in [0, 0.05) is 37.7 Å². The second-order valence-electron chi connectivity index (χ2n) is 7.75. The van der Waals surface area contributed by atoms with Crippen LogP contribution in [0.4, 0.5) is 21.9 Å². The predicted octanol–water partition coefficient (Wildman–Crippen LogP) is 4.93. The van der Waals surface area contributed by atoms with Gasteiger partial charge in [-0.15, -0.1) is 0 Å². The van der Waals surface area contributed by atoms with Gasteiger partial charge in [-0.3, -0.25) is 4.79 Å². The maximum Gasteiger partial charge on any atom is 0.323 e. The highest BCUT2D eigenvalue weighted by Gasteiger charge is 2.15. The fraction of sp³-hybridized carbons (Fsp3) is 0.231. The van der Waals surface area contributed by atoms with E-state index in [1.165, 1.54) is 11.1 Å². The van der Waals surface area contributed by atoms with E-state index in [0.29, 0.717) is 23.5 Å². The van der Waals surface area contributed by atoms with E-state index in [9.17, 15) is 9.59 Å². The van der Waals surface area contributed by atoms with E-state index in [0.717, 1.165) is 18.5 Å².